The smallest absolute Gasteiger partial charge is 0.262 e. The van der Waals surface area contributed by atoms with Gasteiger partial charge in [-0.05, 0) is 48.5 Å². The Balaban J connectivity index is 1.97. The summed E-state index contributed by atoms with van der Waals surface area (Å²) in [5, 5.41) is 0. The number of hydrogen-bond donors (Lipinski definition) is 3. The van der Waals surface area contributed by atoms with E-state index in [1.54, 1.807) is 41.3 Å². The lowest BCUT2D eigenvalue weighted by Gasteiger charge is -2.23. The second kappa shape index (κ2) is 8.50. The van der Waals surface area contributed by atoms with Crippen molar-refractivity contribution in [3.05, 3.63) is 90.5 Å². The lowest BCUT2D eigenvalue weighted by Crippen LogP contribution is -2.26. The molecule has 0 aliphatic carbocycles. The number of rotatable bonds is 4. The van der Waals surface area contributed by atoms with Crippen LogP contribution in [0.15, 0.2) is 94.9 Å². The van der Waals surface area contributed by atoms with Gasteiger partial charge in [-0.15, -0.1) is 0 Å². The highest BCUT2D eigenvalue weighted by molar-refractivity contribution is 6.11. The van der Waals surface area contributed by atoms with Gasteiger partial charge in [0.15, 0.2) is 5.96 Å². The molecule has 0 spiro atoms. The highest BCUT2D eigenvalue weighted by Crippen LogP contribution is 2.29. The molecule has 0 aliphatic rings. The molecule has 0 atom stereocenters. The Labute approximate surface area is 162 Å². The van der Waals surface area contributed by atoms with E-state index < -0.39 is 0 Å². The van der Waals surface area contributed by atoms with E-state index >= 15 is 0 Å². The topological polar surface area (TPSA) is 123 Å². The number of aliphatic imine (C=N–C) groups is 2. The van der Waals surface area contributed by atoms with Crippen molar-refractivity contribution in [2.75, 3.05) is 4.90 Å². The van der Waals surface area contributed by atoms with Gasteiger partial charge in [-0.1, -0.05) is 36.4 Å². The number of carbonyl (C=O) groups excluding carboxylic acids is 1. The maximum Gasteiger partial charge on any atom is 0.262 e. The van der Waals surface area contributed by atoms with Gasteiger partial charge in [-0.2, -0.15) is 4.99 Å². The third-order valence-electron chi connectivity index (χ3n) is 3.83. The van der Waals surface area contributed by atoms with Crippen molar-refractivity contribution in [2.24, 2.45) is 27.2 Å². The summed E-state index contributed by atoms with van der Waals surface area (Å²) >= 11 is 0. The van der Waals surface area contributed by atoms with Crippen LogP contribution >= 0.6 is 0 Å². The van der Waals surface area contributed by atoms with Crippen molar-refractivity contribution in [1.82, 2.24) is 0 Å². The summed E-state index contributed by atoms with van der Waals surface area (Å²) in [6.07, 6.45) is 0. The van der Waals surface area contributed by atoms with Crippen LogP contribution in [0.5, 0.6) is 0 Å². The molecule has 7 nitrogen and oxygen atoms in total. The van der Waals surface area contributed by atoms with E-state index in [1.807, 2.05) is 48.5 Å². The van der Waals surface area contributed by atoms with Crippen LogP contribution < -0.4 is 22.1 Å². The van der Waals surface area contributed by atoms with Crippen LogP contribution in [-0.2, 0) is 0 Å². The normalized spacial score (nSPS) is 10.9. The highest BCUT2D eigenvalue weighted by atomic mass is 16.2. The first-order valence-electron chi connectivity index (χ1n) is 8.53. The fourth-order valence-electron chi connectivity index (χ4n) is 2.64. The molecule has 3 aromatic carbocycles. The van der Waals surface area contributed by atoms with Gasteiger partial charge in [0.25, 0.3) is 5.91 Å². The first kappa shape index (κ1) is 18.7. The third-order valence-corrected chi connectivity index (χ3v) is 3.83. The summed E-state index contributed by atoms with van der Waals surface area (Å²) in [5.74, 6) is -0.349. The van der Waals surface area contributed by atoms with Crippen LogP contribution in [0.1, 0.15) is 10.4 Å². The van der Waals surface area contributed by atoms with Crippen LogP contribution in [0.3, 0.4) is 0 Å². The Morgan fingerprint density at radius 1 is 0.714 bits per heavy atom. The monoisotopic (exact) mass is 372 g/mol. The van der Waals surface area contributed by atoms with E-state index in [9.17, 15) is 4.79 Å². The summed E-state index contributed by atoms with van der Waals surface area (Å²) in [5.41, 5.74) is 18.8. The number of para-hydroxylation sites is 1. The average molecular weight is 372 g/mol. The number of amides is 1. The molecule has 3 aromatic rings. The van der Waals surface area contributed by atoms with Gasteiger partial charge in [0.05, 0.1) is 5.69 Å². The zero-order valence-electron chi connectivity index (χ0n) is 15.1. The van der Waals surface area contributed by atoms with E-state index in [4.69, 9.17) is 17.2 Å². The molecule has 0 fully saturated rings. The number of carbonyl (C=O) groups is 1. The van der Waals surface area contributed by atoms with E-state index in [0.29, 0.717) is 16.9 Å². The van der Waals surface area contributed by atoms with E-state index in [0.717, 1.165) is 5.69 Å². The minimum absolute atomic E-state index is 0.0481. The van der Waals surface area contributed by atoms with Gasteiger partial charge in [0.1, 0.15) is 0 Å². The zero-order chi connectivity index (χ0) is 19.9. The summed E-state index contributed by atoms with van der Waals surface area (Å²) in [6.45, 7) is 0. The fourth-order valence-corrected chi connectivity index (χ4v) is 2.64. The van der Waals surface area contributed by atoms with E-state index in [2.05, 4.69) is 9.98 Å². The second-order valence-corrected chi connectivity index (χ2v) is 5.87. The van der Waals surface area contributed by atoms with E-state index in [1.165, 1.54) is 0 Å². The number of anilines is 2. The molecule has 3 rings (SSSR count). The maximum atomic E-state index is 13.2. The molecule has 0 saturated heterocycles. The van der Waals surface area contributed by atoms with Crippen molar-refractivity contribution < 1.29 is 4.79 Å². The van der Waals surface area contributed by atoms with Crippen LogP contribution in [0.2, 0.25) is 0 Å². The van der Waals surface area contributed by atoms with Gasteiger partial charge in [-0.25, -0.2) is 4.99 Å². The molecule has 0 bridgehead atoms. The minimum atomic E-state index is -0.165. The Morgan fingerprint density at radius 3 is 1.82 bits per heavy atom. The number of benzene rings is 3. The molecule has 0 radical (unpaired) electrons. The number of hydrogen-bond acceptors (Lipinski definition) is 2. The molecule has 28 heavy (non-hydrogen) atoms. The molecule has 0 heterocycles. The van der Waals surface area contributed by atoms with Gasteiger partial charge in [0, 0.05) is 16.9 Å². The first-order valence-corrected chi connectivity index (χ1v) is 8.53. The SMILES string of the molecule is NC(N)=NC(N)=Nc1ccc(N(C(=O)c2ccccc2)c2ccccc2)cc1. The van der Waals surface area contributed by atoms with Crippen molar-refractivity contribution in [1.29, 1.82) is 0 Å². The minimum Gasteiger partial charge on any atom is -0.370 e. The van der Waals surface area contributed by atoms with Crippen molar-refractivity contribution in [2.45, 2.75) is 0 Å². The maximum absolute atomic E-state index is 13.2. The van der Waals surface area contributed by atoms with Crippen molar-refractivity contribution in [3.8, 4) is 0 Å². The van der Waals surface area contributed by atoms with Crippen molar-refractivity contribution in [3.63, 3.8) is 0 Å². The molecule has 0 unspecified atom stereocenters. The van der Waals surface area contributed by atoms with Crippen molar-refractivity contribution >= 4 is 34.9 Å². The molecule has 6 N–H and O–H groups in total. The lowest BCUT2D eigenvalue weighted by molar-refractivity contribution is 0.0999. The van der Waals surface area contributed by atoms with E-state index in [-0.39, 0.29) is 17.8 Å². The van der Waals surface area contributed by atoms with Gasteiger partial charge < -0.3 is 17.2 Å². The predicted molar refractivity (Wildman–Crippen MR) is 113 cm³/mol. The molecular formula is C21H20N6O. The molecule has 0 saturated carbocycles. The van der Waals surface area contributed by atoms with Crippen LogP contribution in [0, 0.1) is 0 Å². The third kappa shape index (κ3) is 4.53. The van der Waals surface area contributed by atoms with Crippen LogP contribution in [-0.4, -0.2) is 17.8 Å². The predicted octanol–water partition coefficient (Wildman–Crippen LogP) is 2.88. The standard InChI is InChI=1S/C21H20N6O/c22-20(23)26-21(24)25-16-11-13-18(14-12-16)27(17-9-5-2-6-10-17)19(28)15-7-3-1-4-8-15/h1-14H,(H6,22,23,24,25,26). The van der Waals surface area contributed by atoms with Gasteiger partial charge >= 0.3 is 0 Å². The van der Waals surface area contributed by atoms with Crippen LogP contribution in [0.4, 0.5) is 17.1 Å². The highest BCUT2D eigenvalue weighted by Gasteiger charge is 2.19. The van der Waals surface area contributed by atoms with Gasteiger partial charge in [0.2, 0.25) is 5.96 Å². The van der Waals surface area contributed by atoms with Crippen LogP contribution in [0.25, 0.3) is 0 Å². The molecule has 0 aromatic heterocycles. The Bertz CT molecular complexity index is 994. The summed E-state index contributed by atoms with van der Waals surface area (Å²) in [4.78, 5) is 22.6. The quantitative estimate of drug-likeness (QED) is 0.481. The first-order chi connectivity index (χ1) is 13.5. The summed E-state index contributed by atoms with van der Waals surface area (Å²) in [7, 11) is 0. The largest absolute Gasteiger partial charge is 0.370 e. The number of nitrogens with two attached hydrogens (primary N) is 3. The Kier molecular flexibility index (Phi) is 5.66. The average Bonchev–Trinajstić information content (AvgIpc) is 2.70. The fraction of sp³-hybridized carbons (Fsp3) is 0. The molecule has 140 valence electrons. The van der Waals surface area contributed by atoms with Gasteiger partial charge in [-0.3, -0.25) is 9.69 Å². The molecule has 1 amide bonds. The lowest BCUT2D eigenvalue weighted by atomic mass is 10.1. The molecule has 0 aliphatic heterocycles. The molecule has 7 heteroatoms. The number of guanidine groups is 2. The summed E-state index contributed by atoms with van der Waals surface area (Å²) in [6, 6.07) is 25.6. The molecular weight excluding hydrogens is 352 g/mol. The Morgan fingerprint density at radius 2 is 1.25 bits per heavy atom. The summed E-state index contributed by atoms with van der Waals surface area (Å²) < 4.78 is 0. The second-order valence-electron chi connectivity index (χ2n) is 5.87. The Hall–Kier alpha value is -4.13. The number of nitrogens with zero attached hydrogens (tertiary/aromatic N) is 3. The zero-order valence-corrected chi connectivity index (χ0v) is 15.1.